The molecule has 1 atom stereocenters. The van der Waals surface area contributed by atoms with E-state index in [2.05, 4.69) is 11.6 Å². The van der Waals surface area contributed by atoms with E-state index >= 15 is 0 Å². The number of allylic oxidation sites excluding steroid dienone is 1. The summed E-state index contributed by atoms with van der Waals surface area (Å²) in [6.45, 7) is 5.66. The van der Waals surface area contributed by atoms with Gasteiger partial charge in [-0.1, -0.05) is 35.9 Å². The lowest BCUT2D eigenvalue weighted by Gasteiger charge is -2.14. The molecular formula is C17H17NO2. The van der Waals surface area contributed by atoms with Crippen molar-refractivity contribution < 1.29 is 9.90 Å². The Morgan fingerprint density at radius 1 is 1.30 bits per heavy atom. The van der Waals surface area contributed by atoms with Gasteiger partial charge in [-0.2, -0.15) is 0 Å². The molecule has 2 rings (SSSR count). The Labute approximate surface area is 118 Å². The predicted octanol–water partition coefficient (Wildman–Crippen LogP) is 3.88. The molecule has 3 heteroatoms. The van der Waals surface area contributed by atoms with E-state index in [-0.39, 0.29) is 0 Å². The van der Waals surface area contributed by atoms with E-state index in [4.69, 9.17) is 0 Å². The van der Waals surface area contributed by atoms with Gasteiger partial charge in [-0.05, 0) is 36.1 Å². The van der Waals surface area contributed by atoms with E-state index in [0.717, 1.165) is 22.3 Å². The smallest absolute Gasteiger partial charge is 0.311 e. The molecule has 1 aromatic heterocycles. The number of hydrogen-bond acceptors (Lipinski definition) is 2. The van der Waals surface area contributed by atoms with Crippen LogP contribution in [0.2, 0.25) is 0 Å². The Balaban J connectivity index is 2.38. The summed E-state index contributed by atoms with van der Waals surface area (Å²) in [5, 5.41) is 9.38. The van der Waals surface area contributed by atoms with E-state index in [1.165, 1.54) is 0 Å². The number of hydrogen-bond donors (Lipinski definition) is 1. The molecule has 1 unspecified atom stereocenters. The first kappa shape index (κ1) is 14.0. The highest BCUT2D eigenvalue weighted by Gasteiger charge is 2.20. The van der Waals surface area contributed by atoms with Gasteiger partial charge in [0, 0.05) is 12.4 Å². The first-order chi connectivity index (χ1) is 9.58. The van der Waals surface area contributed by atoms with Gasteiger partial charge in [-0.3, -0.25) is 9.78 Å². The first-order valence-electron chi connectivity index (χ1n) is 6.45. The Hall–Kier alpha value is -2.42. The zero-order valence-corrected chi connectivity index (χ0v) is 11.4. The minimum Gasteiger partial charge on any atom is -0.481 e. The van der Waals surface area contributed by atoms with Gasteiger partial charge < -0.3 is 5.11 Å². The zero-order chi connectivity index (χ0) is 14.5. The van der Waals surface area contributed by atoms with E-state index in [1.54, 1.807) is 12.4 Å². The molecule has 102 valence electrons. The van der Waals surface area contributed by atoms with Crippen LogP contribution in [0.1, 0.15) is 24.8 Å². The first-order valence-corrected chi connectivity index (χ1v) is 6.45. The highest BCUT2D eigenvalue weighted by molar-refractivity contribution is 5.77. The van der Waals surface area contributed by atoms with Crippen LogP contribution in [0.3, 0.4) is 0 Å². The lowest BCUT2D eigenvalue weighted by molar-refractivity contribution is -0.138. The molecule has 0 spiro atoms. The molecular weight excluding hydrogens is 250 g/mol. The summed E-state index contributed by atoms with van der Waals surface area (Å²) < 4.78 is 0. The third-order valence-corrected chi connectivity index (χ3v) is 3.13. The summed E-state index contributed by atoms with van der Waals surface area (Å²) in [7, 11) is 0. The Morgan fingerprint density at radius 2 is 2.05 bits per heavy atom. The number of benzene rings is 1. The molecule has 0 aliphatic carbocycles. The number of pyridine rings is 1. The van der Waals surface area contributed by atoms with Crippen molar-refractivity contribution in [2.24, 2.45) is 0 Å². The van der Waals surface area contributed by atoms with Crippen LogP contribution in [0.25, 0.3) is 11.1 Å². The molecule has 0 aliphatic rings. The molecule has 1 N–H and O–H groups in total. The highest BCUT2D eigenvalue weighted by Crippen LogP contribution is 2.27. The third-order valence-electron chi connectivity index (χ3n) is 3.13. The Morgan fingerprint density at radius 3 is 2.65 bits per heavy atom. The summed E-state index contributed by atoms with van der Waals surface area (Å²) in [4.78, 5) is 15.5. The molecule has 0 saturated heterocycles. The van der Waals surface area contributed by atoms with Gasteiger partial charge in [-0.15, -0.1) is 6.58 Å². The van der Waals surface area contributed by atoms with Crippen LogP contribution in [-0.2, 0) is 4.79 Å². The molecule has 0 saturated carbocycles. The second kappa shape index (κ2) is 6.15. The Kier molecular flexibility index (Phi) is 4.31. The lowest BCUT2D eigenvalue weighted by atomic mass is 9.91. The van der Waals surface area contributed by atoms with Gasteiger partial charge in [0.05, 0.1) is 5.92 Å². The van der Waals surface area contributed by atoms with Gasteiger partial charge in [-0.25, -0.2) is 0 Å². The molecule has 0 bridgehead atoms. The van der Waals surface area contributed by atoms with Crippen molar-refractivity contribution in [3.8, 4) is 11.1 Å². The van der Waals surface area contributed by atoms with Crippen LogP contribution < -0.4 is 0 Å². The van der Waals surface area contributed by atoms with Crippen molar-refractivity contribution in [3.05, 3.63) is 66.5 Å². The number of aromatic nitrogens is 1. The fourth-order valence-electron chi connectivity index (χ4n) is 2.16. The van der Waals surface area contributed by atoms with Crippen molar-refractivity contribution in [3.63, 3.8) is 0 Å². The molecule has 3 nitrogen and oxygen atoms in total. The van der Waals surface area contributed by atoms with Crippen molar-refractivity contribution in [2.75, 3.05) is 0 Å². The zero-order valence-electron chi connectivity index (χ0n) is 11.4. The van der Waals surface area contributed by atoms with Gasteiger partial charge in [0.15, 0.2) is 0 Å². The summed E-state index contributed by atoms with van der Waals surface area (Å²) in [6.07, 6.45) is 3.94. The second-order valence-electron chi connectivity index (χ2n) is 4.92. The minimum absolute atomic E-state index is 0.450. The van der Waals surface area contributed by atoms with Crippen molar-refractivity contribution >= 4 is 5.97 Å². The van der Waals surface area contributed by atoms with Crippen molar-refractivity contribution in [1.29, 1.82) is 0 Å². The second-order valence-corrected chi connectivity index (χ2v) is 4.92. The van der Waals surface area contributed by atoms with Crippen molar-refractivity contribution in [2.45, 2.75) is 19.3 Å². The minimum atomic E-state index is -0.823. The van der Waals surface area contributed by atoms with Crippen LogP contribution in [0, 0.1) is 0 Å². The predicted molar refractivity (Wildman–Crippen MR) is 79.5 cm³/mol. The monoisotopic (exact) mass is 267 g/mol. The van der Waals surface area contributed by atoms with E-state index < -0.39 is 11.9 Å². The maximum Gasteiger partial charge on any atom is 0.311 e. The molecule has 2 aromatic rings. The molecule has 0 aliphatic heterocycles. The normalized spacial score (nSPS) is 11.8. The van der Waals surface area contributed by atoms with E-state index in [0.29, 0.717) is 6.42 Å². The fraction of sp³-hybridized carbons (Fsp3) is 0.176. The van der Waals surface area contributed by atoms with Crippen LogP contribution in [-0.4, -0.2) is 16.1 Å². The van der Waals surface area contributed by atoms with Gasteiger partial charge in [0.1, 0.15) is 0 Å². The average Bonchev–Trinajstić information content (AvgIpc) is 2.45. The van der Waals surface area contributed by atoms with Crippen LogP contribution in [0.15, 0.2) is 60.9 Å². The molecule has 1 aromatic carbocycles. The van der Waals surface area contributed by atoms with E-state index in [9.17, 15) is 9.90 Å². The highest BCUT2D eigenvalue weighted by atomic mass is 16.4. The van der Waals surface area contributed by atoms with Crippen LogP contribution in [0.5, 0.6) is 0 Å². The van der Waals surface area contributed by atoms with Gasteiger partial charge >= 0.3 is 5.97 Å². The number of rotatable bonds is 5. The molecule has 0 fully saturated rings. The lowest BCUT2D eigenvalue weighted by Crippen LogP contribution is -2.12. The average molecular weight is 267 g/mol. The van der Waals surface area contributed by atoms with Crippen LogP contribution in [0.4, 0.5) is 0 Å². The standard InChI is InChI=1S/C17H17NO2/c1-12(2)9-16(17(19)20)14-6-3-5-13(10-14)15-7-4-8-18-11-15/h3-8,10-11,16H,1,9H2,2H3,(H,19,20). The fourth-order valence-corrected chi connectivity index (χ4v) is 2.16. The third kappa shape index (κ3) is 3.32. The number of carboxylic acid groups (broad SMARTS) is 1. The summed E-state index contributed by atoms with van der Waals surface area (Å²) >= 11 is 0. The molecule has 1 heterocycles. The SMILES string of the molecule is C=C(C)CC(C(=O)O)c1cccc(-c2cccnc2)c1. The largest absolute Gasteiger partial charge is 0.481 e. The molecule has 0 amide bonds. The number of carbonyl (C=O) groups is 1. The number of carboxylic acids is 1. The Bertz CT molecular complexity index is 620. The summed E-state index contributed by atoms with van der Waals surface area (Å²) in [6, 6.07) is 11.4. The topological polar surface area (TPSA) is 50.2 Å². The van der Waals surface area contributed by atoms with E-state index in [1.807, 2.05) is 43.3 Å². The maximum atomic E-state index is 11.4. The summed E-state index contributed by atoms with van der Waals surface area (Å²) in [5.74, 6) is -1.37. The van der Waals surface area contributed by atoms with Crippen molar-refractivity contribution in [1.82, 2.24) is 4.98 Å². The quantitative estimate of drug-likeness (QED) is 0.836. The van der Waals surface area contributed by atoms with Gasteiger partial charge in [0.25, 0.3) is 0 Å². The van der Waals surface area contributed by atoms with Crippen LogP contribution >= 0.6 is 0 Å². The molecule has 20 heavy (non-hydrogen) atoms. The number of aliphatic carboxylic acids is 1. The molecule has 0 radical (unpaired) electrons. The number of nitrogens with zero attached hydrogens (tertiary/aromatic N) is 1. The summed E-state index contributed by atoms with van der Waals surface area (Å²) in [5.41, 5.74) is 3.61. The van der Waals surface area contributed by atoms with Gasteiger partial charge in [0.2, 0.25) is 0 Å². The maximum absolute atomic E-state index is 11.4.